The fourth-order valence-corrected chi connectivity index (χ4v) is 6.41. The fraction of sp³-hybridized carbons (Fsp3) is 0.167. The zero-order valence-corrected chi connectivity index (χ0v) is 26.6. The number of benzene rings is 4. The molecule has 0 saturated heterocycles. The van der Waals surface area contributed by atoms with E-state index in [1.807, 2.05) is 84.9 Å². The van der Waals surface area contributed by atoms with Crippen molar-refractivity contribution in [3.8, 4) is 0 Å². The van der Waals surface area contributed by atoms with Gasteiger partial charge in [-0.05, 0) is 96.6 Å². The van der Waals surface area contributed by atoms with Crippen molar-refractivity contribution in [3.05, 3.63) is 160 Å². The van der Waals surface area contributed by atoms with E-state index in [0.717, 1.165) is 41.3 Å². The molecule has 0 atom stereocenters. The van der Waals surface area contributed by atoms with Gasteiger partial charge in [0.1, 0.15) is 5.82 Å². The van der Waals surface area contributed by atoms with Crippen LogP contribution in [0.5, 0.6) is 0 Å². The lowest BCUT2D eigenvalue weighted by Crippen LogP contribution is -2.26. The maximum Gasteiger partial charge on any atom is 0.261 e. The Hall–Kier alpha value is -3.62. The summed E-state index contributed by atoms with van der Waals surface area (Å²) in [6.45, 7) is 1.82. The number of thioether (sulfide) groups is 1. The van der Waals surface area contributed by atoms with Gasteiger partial charge in [-0.1, -0.05) is 66.2 Å². The van der Waals surface area contributed by atoms with Gasteiger partial charge in [0.2, 0.25) is 0 Å². The van der Waals surface area contributed by atoms with Crippen molar-refractivity contribution in [2.75, 3.05) is 12.3 Å². The molecule has 4 nitrogen and oxygen atoms in total. The van der Waals surface area contributed by atoms with E-state index in [1.54, 1.807) is 30.1 Å². The summed E-state index contributed by atoms with van der Waals surface area (Å²) in [7, 11) is 0. The van der Waals surface area contributed by atoms with Crippen molar-refractivity contribution >= 4 is 41.2 Å². The minimum Gasteiger partial charge on any atom is -0.294 e. The Morgan fingerprint density at radius 1 is 0.773 bits per heavy atom. The second-order valence-corrected chi connectivity index (χ2v) is 12.7. The number of carbonyl (C=O) groups is 1. The minimum absolute atomic E-state index is 0.140. The summed E-state index contributed by atoms with van der Waals surface area (Å²) in [5.74, 6) is 0.431. The Balaban J connectivity index is 1.14. The predicted molar refractivity (Wildman–Crippen MR) is 181 cm³/mol. The summed E-state index contributed by atoms with van der Waals surface area (Å²) in [5.41, 5.74) is 4.45. The van der Waals surface area contributed by atoms with Crippen LogP contribution < -0.4 is 4.72 Å². The largest absolute Gasteiger partial charge is 0.294 e. The zero-order chi connectivity index (χ0) is 30.6. The van der Waals surface area contributed by atoms with Gasteiger partial charge in [0, 0.05) is 63.2 Å². The third kappa shape index (κ3) is 9.69. The van der Waals surface area contributed by atoms with Gasteiger partial charge in [0.05, 0.1) is 0 Å². The Morgan fingerprint density at radius 3 is 2.25 bits per heavy atom. The van der Waals surface area contributed by atoms with Gasteiger partial charge in [-0.3, -0.25) is 19.4 Å². The van der Waals surface area contributed by atoms with E-state index in [1.165, 1.54) is 28.5 Å². The number of halogens is 2. The highest BCUT2D eigenvalue weighted by atomic mass is 35.5. The Bertz CT molecular complexity index is 1600. The molecule has 5 rings (SSSR count). The van der Waals surface area contributed by atoms with Gasteiger partial charge < -0.3 is 0 Å². The molecule has 0 bridgehead atoms. The molecule has 0 fully saturated rings. The fourth-order valence-electron chi connectivity index (χ4n) is 4.66. The summed E-state index contributed by atoms with van der Waals surface area (Å²) in [5, 5.41) is 0.437. The van der Waals surface area contributed by atoms with Gasteiger partial charge in [-0.2, -0.15) is 0 Å². The molecule has 1 aromatic heterocycles. The average Bonchev–Trinajstić information content (AvgIpc) is 3.06. The van der Waals surface area contributed by atoms with Gasteiger partial charge in [0.25, 0.3) is 5.91 Å². The van der Waals surface area contributed by atoms with Crippen molar-refractivity contribution in [2.45, 2.75) is 35.7 Å². The number of hydrogen-bond acceptors (Lipinski definition) is 5. The minimum atomic E-state index is -0.292. The first-order valence-corrected chi connectivity index (χ1v) is 16.6. The van der Waals surface area contributed by atoms with E-state index < -0.39 is 0 Å². The first kappa shape index (κ1) is 31.8. The molecule has 1 amide bonds. The molecule has 224 valence electrons. The number of rotatable bonds is 14. The number of pyridine rings is 1. The second-order valence-electron chi connectivity index (χ2n) is 10.3. The molecule has 0 unspecified atom stereocenters. The van der Waals surface area contributed by atoms with E-state index in [2.05, 4.69) is 26.7 Å². The van der Waals surface area contributed by atoms with Gasteiger partial charge in [-0.15, -0.1) is 11.8 Å². The first-order chi connectivity index (χ1) is 21.5. The molecule has 5 aromatic rings. The summed E-state index contributed by atoms with van der Waals surface area (Å²) in [6, 6.07) is 36.8. The molecule has 0 aliphatic heterocycles. The SMILES string of the molecule is O=C(NSc1ccc(CN(CCSc2ccccc2)Cc2c(F)cccc2Cl)cc1)c1ccc(CCc2ccccn2)cc1. The van der Waals surface area contributed by atoms with Crippen molar-refractivity contribution in [1.29, 1.82) is 0 Å². The van der Waals surface area contributed by atoms with Crippen LogP contribution in [0.3, 0.4) is 0 Å². The van der Waals surface area contributed by atoms with Gasteiger partial charge in [0.15, 0.2) is 0 Å². The average molecular weight is 642 g/mol. The molecule has 4 aromatic carbocycles. The Morgan fingerprint density at radius 2 is 1.52 bits per heavy atom. The molecule has 0 saturated carbocycles. The third-order valence-electron chi connectivity index (χ3n) is 7.07. The quantitative estimate of drug-likeness (QED) is 0.0969. The van der Waals surface area contributed by atoms with Crippen LogP contribution in [-0.4, -0.2) is 28.1 Å². The third-order valence-corrected chi connectivity index (χ3v) is 9.21. The van der Waals surface area contributed by atoms with E-state index >= 15 is 0 Å². The van der Waals surface area contributed by atoms with Crippen LogP contribution in [0.4, 0.5) is 4.39 Å². The Labute approximate surface area is 272 Å². The second kappa shape index (κ2) is 16.5. The standard InChI is InChI=1S/C36H33ClFN3OS2/c37-34-10-6-11-35(38)33(34)26-41(23-24-43-31-8-2-1-3-9-31)25-28-15-20-32(21-16-28)44-40-36(42)29-17-12-27(13-18-29)14-19-30-7-4-5-22-39-30/h1-13,15-18,20-22H,14,19,23-26H2,(H,40,42). The van der Waals surface area contributed by atoms with E-state index in [0.29, 0.717) is 29.2 Å². The molecule has 1 N–H and O–H groups in total. The van der Waals surface area contributed by atoms with Crippen LogP contribution in [0.15, 0.2) is 131 Å². The molecular formula is C36H33ClFN3OS2. The van der Waals surface area contributed by atoms with Gasteiger partial charge in [-0.25, -0.2) is 4.39 Å². The number of hydrogen-bond donors (Lipinski definition) is 1. The predicted octanol–water partition coefficient (Wildman–Crippen LogP) is 8.89. The highest BCUT2D eigenvalue weighted by Gasteiger charge is 2.14. The summed E-state index contributed by atoms with van der Waals surface area (Å²) in [6.07, 6.45) is 3.54. The summed E-state index contributed by atoms with van der Waals surface area (Å²) in [4.78, 5) is 21.5. The number of amides is 1. The maximum absolute atomic E-state index is 14.6. The zero-order valence-electron chi connectivity index (χ0n) is 24.2. The van der Waals surface area contributed by atoms with Crippen LogP contribution in [0, 0.1) is 5.82 Å². The number of nitrogens with zero attached hydrogens (tertiary/aromatic N) is 2. The first-order valence-electron chi connectivity index (χ1n) is 14.4. The monoisotopic (exact) mass is 641 g/mol. The molecule has 8 heteroatoms. The van der Waals surface area contributed by atoms with Crippen LogP contribution in [-0.2, 0) is 25.9 Å². The maximum atomic E-state index is 14.6. The highest BCUT2D eigenvalue weighted by Crippen LogP contribution is 2.24. The van der Waals surface area contributed by atoms with E-state index in [-0.39, 0.29) is 11.7 Å². The van der Waals surface area contributed by atoms with Crippen LogP contribution in [0.2, 0.25) is 5.02 Å². The number of nitrogens with one attached hydrogen (secondary N) is 1. The van der Waals surface area contributed by atoms with Crippen molar-refractivity contribution < 1.29 is 9.18 Å². The lowest BCUT2D eigenvalue weighted by Gasteiger charge is -2.23. The molecule has 0 radical (unpaired) electrons. The number of aryl methyl sites for hydroxylation is 2. The lowest BCUT2D eigenvalue weighted by molar-refractivity contribution is 0.0984. The van der Waals surface area contributed by atoms with Gasteiger partial charge >= 0.3 is 0 Å². The smallest absolute Gasteiger partial charge is 0.261 e. The van der Waals surface area contributed by atoms with Crippen LogP contribution in [0.25, 0.3) is 0 Å². The molecule has 0 aliphatic rings. The molecule has 0 aliphatic carbocycles. The normalized spacial score (nSPS) is 11.1. The molecule has 44 heavy (non-hydrogen) atoms. The summed E-state index contributed by atoms with van der Waals surface area (Å²) < 4.78 is 17.6. The van der Waals surface area contributed by atoms with Crippen LogP contribution in [0.1, 0.15) is 32.7 Å². The van der Waals surface area contributed by atoms with Crippen molar-refractivity contribution in [3.63, 3.8) is 0 Å². The van der Waals surface area contributed by atoms with Crippen molar-refractivity contribution in [1.82, 2.24) is 14.6 Å². The van der Waals surface area contributed by atoms with Crippen molar-refractivity contribution in [2.24, 2.45) is 0 Å². The number of carbonyl (C=O) groups excluding carboxylic acids is 1. The van der Waals surface area contributed by atoms with E-state index in [4.69, 9.17) is 11.6 Å². The lowest BCUT2D eigenvalue weighted by atomic mass is 10.1. The molecular weight excluding hydrogens is 609 g/mol. The Kier molecular flexibility index (Phi) is 11.9. The molecule has 1 heterocycles. The van der Waals surface area contributed by atoms with Crippen LogP contribution >= 0.6 is 35.3 Å². The topological polar surface area (TPSA) is 45.2 Å². The summed E-state index contributed by atoms with van der Waals surface area (Å²) >= 11 is 9.43. The number of aromatic nitrogens is 1. The molecule has 0 spiro atoms. The highest BCUT2D eigenvalue weighted by molar-refractivity contribution is 7.99. The van der Waals surface area contributed by atoms with E-state index in [9.17, 15) is 9.18 Å².